The molecule has 19 aromatic rings. The van der Waals surface area contributed by atoms with Gasteiger partial charge in [-0.25, -0.2) is 0 Å². The van der Waals surface area contributed by atoms with Crippen LogP contribution in [0.5, 0.6) is 0 Å². The fourth-order valence-corrected chi connectivity index (χ4v) is 16.5. The Morgan fingerprint density at radius 2 is 0.529 bits per heavy atom. The molecule has 19 rings (SSSR count). The molecule has 0 aliphatic carbocycles. The fraction of sp³-hybridized carbons (Fsp3) is 0. The molecular weight excluding hydrogens is 1080 g/mol. The highest BCUT2D eigenvalue weighted by Gasteiger charge is 2.35. The predicted molar refractivity (Wildman–Crippen MR) is 364 cm³/mol. The van der Waals surface area contributed by atoms with Crippen LogP contribution >= 0.6 is 11.3 Å². The first-order chi connectivity index (χ1) is 43.2. The highest BCUT2D eigenvalue weighted by atomic mass is 32.1. The quantitative estimate of drug-likeness (QED) is 0.161. The number of nitriles is 2. The molecule has 14 aromatic carbocycles. The Hall–Kier alpha value is -11.7. The van der Waals surface area contributed by atoms with Gasteiger partial charge >= 0.3 is 0 Å². The zero-order chi connectivity index (χ0) is 57.2. The van der Waals surface area contributed by atoms with E-state index in [0.29, 0.717) is 33.9 Å². The number of fused-ring (bicyclic) bond motifs is 22. The molecule has 0 fully saturated rings. The van der Waals surface area contributed by atoms with Crippen molar-refractivity contribution in [2.45, 2.75) is 0 Å². The lowest BCUT2D eigenvalue weighted by Crippen LogP contribution is -2.16. The lowest BCUT2D eigenvalue weighted by Gasteiger charge is -2.27. The summed E-state index contributed by atoms with van der Waals surface area (Å²) in [6.07, 6.45) is 0. The van der Waals surface area contributed by atoms with Crippen molar-refractivity contribution in [3.8, 4) is 46.0 Å². The molecule has 0 spiro atoms. The van der Waals surface area contributed by atoms with Gasteiger partial charge in [0.15, 0.2) is 0 Å². The van der Waals surface area contributed by atoms with E-state index in [1.165, 1.54) is 47.8 Å². The van der Waals surface area contributed by atoms with Gasteiger partial charge in [0.05, 0.1) is 66.9 Å². The maximum atomic E-state index is 13.1. The molecular formula is C80H44N6S. The van der Waals surface area contributed by atoms with Gasteiger partial charge in [-0.3, -0.25) is 0 Å². The van der Waals surface area contributed by atoms with Gasteiger partial charge in [0, 0.05) is 63.3 Å². The average molecular weight is 1120 g/mol. The molecule has 0 bridgehead atoms. The lowest BCUT2D eigenvalue weighted by molar-refractivity contribution is 1.02. The minimum absolute atomic E-state index is 0.414. The monoisotopic (exact) mass is 1120 g/mol. The van der Waals surface area contributed by atoms with E-state index in [2.05, 4.69) is 297 Å². The summed E-state index contributed by atoms with van der Waals surface area (Å²) in [7, 11) is 0. The summed E-state index contributed by atoms with van der Waals surface area (Å²) in [5.41, 5.74) is 12.8. The van der Waals surface area contributed by atoms with E-state index in [1.807, 2.05) is 11.3 Å². The van der Waals surface area contributed by atoms with Gasteiger partial charge in [-0.2, -0.15) is 10.5 Å². The molecule has 5 aromatic heterocycles. The molecule has 0 unspecified atom stereocenters. The van der Waals surface area contributed by atoms with Gasteiger partial charge in [0.2, 0.25) is 0 Å². The second-order valence-electron chi connectivity index (χ2n) is 22.8. The molecule has 6 nitrogen and oxygen atoms in total. The number of hydrogen-bond acceptors (Lipinski definition) is 3. The molecule has 5 heterocycles. The molecule has 7 heteroatoms. The Balaban J connectivity index is 1.10. The first-order valence-corrected chi connectivity index (χ1v) is 30.2. The van der Waals surface area contributed by atoms with E-state index < -0.39 is 0 Å². The third-order valence-electron chi connectivity index (χ3n) is 18.6. The van der Waals surface area contributed by atoms with Crippen molar-refractivity contribution < 1.29 is 0 Å². The van der Waals surface area contributed by atoms with Gasteiger partial charge in [0.25, 0.3) is 0 Å². The summed E-state index contributed by atoms with van der Waals surface area (Å²) in [5, 5.41) is 44.0. The van der Waals surface area contributed by atoms with Crippen molar-refractivity contribution in [1.29, 1.82) is 10.5 Å². The molecule has 0 aliphatic heterocycles. The van der Waals surface area contributed by atoms with Crippen LogP contribution in [0.4, 0.5) is 0 Å². The van der Waals surface area contributed by atoms with E-state index >= 15 is 0 Å². The molecule has 0 aliphatic rings. The van der Waals surface area contributed by atoms with Crippen molar-refractivity contribution in [3.63, 3.8) is 0 Å². The summed E-state index contributed by atoms with van der Waals surface area (Å²) in [5.74, 6) is 0. The topological polar surface area (TPSA) is 67.3 Å². The van der Waals surface area contributed by atoms with Gasteiger partial charge in [0.1, 0.15) is 23.3 Å². The summed E-state index contributed by atoms with van der Waals surface area (Å²) in [6.45, 7) is 0. The maximum absolute atomic E-state index is 13.1. The smallest absolute Gasteiger partial charge is 0.104 e. The van der Waals surface area contributed by atoms with Crippen molar-refractivity contribution in [1.82, 2.24) is 18.3 Å². The number of benzene rings is 14. The Bertz CT molecular complexity index is 6160. The average Bonchev–Trinajstić information content (AvgIpc) is 1.62. The number of thiophene rings is 1. The number of rotatable bonds is 5. The summed E-state index contributed by atoms with van der Waals surface area (Å²) < 4.78 is 11.5. The van der Waals surface area contributed by atoms with Crippen LogP contribution in [0, 0.1) is 22.7 Å². The number of para-hydroxylation sites is 6. The highest BCUT2D eigenvalue weighted by molar-refractivity contribution is 7.26. The van der Waals surface area contributed by atoms with Gasteiger partial charge < -0.3 is 18.3 Å². The predicted octanol–water partition coefficient (Wildman–Crippen LogP) is 21.3. The highest BCUT2D eigenvalue weighted by Crippen LogP contribution is 2.53. The van der Waals surface area contributed by atoms with Crippen LogP contribution in [0.25, 0.3) is 174 Å². The van der Waals surface area contributed by atoms with Crippen molar-refractivity contribution in [2.24, 2.45) is 0 Å². The van der Waals surface area contributed by atoms with E-state index in [-0.39, 0.29) is 0 Å². The normalized spacial score (nSPS) is 12.1. The molecule has 400 valence electrons. The fourth-order valence-electron chi connectivity index (χ4n) is 15.2. The Morgan fingerprint density at radius 3 is 0.954 bits per heavy atom. The number of aromatic nitrogens is 4. The van der Waals surface area contributed by atoms with Crippen molar-refractivity contribution in [3.05, 3.63) is 278 Å². The minimum Gasteiger partial charge on any atom is -0.306 e. The Kier molecular flexibility index (Phi) is 9.81. The molecule has 0 saturated carbocycles. The van der Waals surface area contributed by atoms with Crippen molar-refractivity contribution >= 4 is 151 Å². The van der Waals surface area contributed by atoms with E-state index in [0.717, 1.165) is 103 Å². The van der Waals surface area contributed by atoms with Gasteiger partial charge in [-0.15, -0.1) is 11.3 Å². The summed E-state index contributed by atoms with van der Waals surface area (Å²) in [6, 6.07) is 101. The van der Waals surface area contributed by atoms with Gasteiger partial charge in [-0.1, -0.05) is 212 Å². The zero-order valence-electron chi connectivity index (χ0n) is 46.5. The first kappa shape index (κ1) is 47.7. The molecule has 0 atom stereocenters. The lowest BCUT2D eigenvalue weighted by atomic mass is 9.88. The summed E-state index contributed by atoms with van der Waals surface area (Å²) in [4.78, 5) is 0. The number of hydrogen-bond donors (Lipinski definition) is 0. The molecule has 0 N–H and O–H groups in total. The number of nitrogens with zero attached hydrogens (tertiary/aromatic N) is 6. The minimum atomic E-state index is 0.414. The Morgan fingerprint density at radius 1 is 0.230 bits per heavy atom. The molecule has 0 radical (unpaired) electrons. The Labute approximate surface area is 500 Å². The molecule has 0 amide bonds. The van der Waals surface area contributed by atoms with Crippen LogP contribution in [0.2, 0.25) is 0 Å². The van der Waals surface area contributed by atoms with Crippen molar-refractivity contribution in [2.75, 3.05) is 0 Å². The largest absolute Gasteiger partial charge is 0.306 e. The van der Waals surface area contributed by atoms with E-state index in [9.17, 15) is 10.5 Å². The van der Waals surface area contributed by atoms with Crippen LogP contribution in [-0.2, 0) is 0 Å². The molecule has 0 saturated heterocycles. The first-order valence-electron chi connectivity index (χ1n) is 29.4. The summed E-state index contributed by atoms with van der Waals surface area (Å²) >= 11 is 1.81. The third-order valence-corrected chi connectivity index (χ3v) is 19.8. The third kappa shape index (κ3) is 6.29. The maximum Gasteiger partial charge on any atom is 0.104 e. The van der Waals surface area contributed by atoms with Crippen LogP contribution < -0.4 is 0 Å². The second-order valence-corrected chi connectivity index (χ2v) is 23.8. The van der Waals surface area contributed by atoms with E-state index in [1.54, 1.807) is 0 Å². The molecule has 87 heavy (non-hydrogen) atoms. The van der Waals surface area contributed by atoms with Crippen LogP contribution in [0.15, 0.2) is 267 Å². The van der Waals surface area contributed by atoms with E-state index in [4.69, 9.17) is 0 Å². The zero-order valence-corrected chi connectivity index (χ0v) is 47.3. The standard InChI is InChI=1S/C80H44N6S/c81-45-62-76(83-64-35-12-5-24-50(64)51-25-6-13-36-65(51)83)77(84-66-37-14-7-26-52(66)53-27-8-15-38-67(53)84)63(46-82)79(78(62)85-68-39-16-9-28-54(68)55-29-10-17-40-69(55)85)86-70-41-20-34-60(74(70)75-71(86)44-43-61-56-30-11-18-42-72(56)87-80(61)75)59-33-19-32-58-49-22-2-1-21-47(49)48-23-3-4-31-57(48)73(58)59/h1-44H. The van der Waals surface area contributed by atoms with Gasteiger partial charge in [-0.05, 0) is 98.0 Å². The SMILES string of the molecule is N#Cc1c(-n2c3ccccc3c3ccccc32)c(-n2c3ccccc3c3ccccc32)c(C#N)c(-n2c3cccc(-c4cccc5c6ccccc6c6ccccc6c45)c3c3c4sc5ccccc5c4ccc32)c1-n1c2ccccc2c2ccccc21. The van der Waals surface area contributed by atoms with Crippen LogP contribution in [0.1, 0.15) is 11.1 Å². The van der Waals surface area contributed by atoms with Crippen LogP contribution in [-0.4, -0.2) is 18.3 Å². The van der Waals surface area contributed by atoms with Crippen LogP contribution in [0.3, 0.4) is 0 Å². The second kappa shape index (κ2) is 17.9.